The van der Waals surface area contributed by atoms with Gasteiger partial charge in [-0.3, -0.25) is 0 Å². The highest BCUT2D eigenvalue weighted by molar-refractivity contribution is 7.09. The van der Waals surface area contributed by atoms with Crippen molar-refractivity contribution >= 4 is 22.6 Å². The van der Waals surface area contributed by atoms with E-state index in [4.69, 9.17) is 5.11 Å². The van der Waals surface area contributed by atoms with Gasteiger partial charge in [0.1, 0.15) is 6.33 Å². The van der Waals surface area contributed by atoms with Crippen molar-refractivity contribution in [3.05, 3.63) is 41.7 Å². The molecule has 0 unspecified atom stereocenters. The van der Waals surface area contributed by atoms with Crippen LogP contribution in [0.2, 0.25) is 0 Å². The van der Waals surface area contributed by atoms with Crippen LogP contribution in [0.4, 0.5) is 5.13 Å². The minimum absolute atomic E-state index is 0.291. The lowest BCUT2D eigenvalue weighted by Crippen LogP contribution is -2.00. The third kappa shape index (κ3) is 2.54. The van der Waals surface area contributed by atoms with E-state index in [-0.39, 0.29) is 0 Å². The molecule has 0 saturated heterocycles. The van der Waals surface area contributed by atoms with Gasteiger partial charge in [-0.1, -0.05) is 12.1 Å². The summed E-state index contributed by atoms with van der Waals surface area (Å²) in [5.74, 6) is -0.913. The van der Waals surface area contributed by atoms with Crippen LogP contribution in [-0.2, 0) is 6.54 Å². The topological polar surface area (TPSA) is 75.1 Å². The lowest BCUT2D eigenvalue weighted by molar-refractivity contribution is 0.0697. The summed E-state index contributed by atoms with van der Waals surface area (Å²) in [4.78, 5) is 14.6. The first-order valence-electron chi connectivity index (χ1n) is 4.58. The summed E-state index contributed by atoms with van der Waals surface area (Å²) in [6.07, 6.45) is 1.49. The lowest BCUT2D eigenvalue weighted by Gasteiger charge is -2.02. The highest BCUT2D eigenvalue weighted by atomic mass is 32.1. The van der Waals surface area contributed by atoms with Crippen LogP contribution in [-0.4, -0.2) is 20.4 Å². The van der Waals surface area contributed by atoms with E-state index in [1.165, 1.54) is 17.9 Å². The molecule has 6 heteroatoms. The monoisotopic (exact) mass is 235 g/mol. The molecule has 1 heterocycles. The molecule has 0 bridgehead atoms. The van der Waals surface area contributed by atoms with Crippen LogP contribution in [0, 0.1) is 0 Å². The summed E-state index contributed by atoms with van der Waals surface area (Å²) in [7, 11) is 0. The van der Waals surface area contributed by atoms with Gasteiger partial charge < -0.3 is 10.4 Å². The first-order chi connectivity index (χ1) is 7.75. The molecule has 2 N–H and O–H groups in total. The van der Waals surface area contributed by atoms with Crippen molar-refractivity contribution < 1.29 is 9.90 Å². The number of hydrogen-bond donors (Lipinski definition) is 2. The van der Waals surface area contributed by atoms with Crippen LogP contribution in [0.3, 0.4) is 0 Å². The Morgan fingerprint density at radius 1 is 1.38 bits per heavy atom. The number of rotatable bonds is 4. The van der Waals surface area contributed by atoms with Crippen molar-refractivity contribution in [1.29, 1.82) is 0 Å². The van der Waals surface area contributed by atoms with Crippen LogP contribution >= 0.6 is 11.5 Å². The summed E-state index contributed by atoms with van der Waals surface area (Å²) in [6, 6.07) is 6.72. The van der Waals surface area contributed by atoms with Crippen molar-refractivity contribution in [1.82, 2.24) is 9.36 Å². The van der Waals surface area contributed by atoms with Gasteiger partial charge in [-0.05, 0) is 17.7 Å². The molecule has 1 aromatic heterocycles. The largest absolute Gasteiger partial charge is 0.478 e. The molecule has 82 valence electrons. The van der Waals surface area contributed by atoms with Gasteiger partial charge in [0.2, 0.25) is 5.13 Å². The molecule has 0 aliphatic rings. The van der Waals surface area contributed by atoms with Crippen LogP contribution in [0.25, 0.3) is 0 Å². The zero-order valence-electron chi connectivity index (χ0n) is 8.25. The van der Waals surface area contributed by atoms with Crippen molar-refractivity contribution in [3.63, 3.8) is 0 Å². The lowest BCUT2D eigenvalue weighted by atomic mass is 10.1. The predicted molar refractivity (Wildman–Crippen MR) is 60.6 cm³/mol. The maximum atomic E-state index is 10.6. The van der Waals surface area contributed by atoms with Gasteiger partial charge in [-0.15, -0.1) is 0 Å². The third-order valence-corrected chi connectivity index (χ3v) is 2.63. The minimum Gasteiger partial charge on any atom is -0.478 e. The number of carbonyl (C=O) groups is 1. The Morgan fingerprint density at radius 3 is 2.69 bits per heavy atom. The maximum Gasteiger partial charge on any atom is 0.335 e. The average Bonchev–Trinajstić information content (AvgIpc) is 2.80. The third-order valence-electron chi connectivity index (χ3n) is 2.01. The van der Waals surface area contributed by atoms with Gasteiger partial charge in [-0.25, -0.2) is 9.78 Å². The Morgan fingerprint density at radius 2 is 2.12 bits per heavy atom. The Kier molecular flexibility index (Phi) is 3.11. The molecule has 0 atom stereocenters. The second-order valence-electron chi connectivity index (χ2n) is 3.10. The Balaban J connectivity index is 1.98. The number of hydrogen-bond acceptors (Lipinski definition) is 5. The van der Waals surface area contributed by atoms with Crippen LogP contribution in [0.5, 0.6) is 0 Å². The maximum absolute atomic E-state index is 10.6. The second kappa shape index (κ2) is 4.71. The summed E-state index contributed by atoms with van der Waals surface area (Å²) in [6.45, 7) is 0.606. The highest BCUT2D eigenvalue weighted by Gasteiger charge is 2.02. The van der Waals surface area contributed by atoms with E-state index in [1.807, 2.05) is 0 Å². The summed E-state index contributed by atoms with van der Waals surface area (Å²) >= 11 is 1.28. The van der Waals surface area contributed by atoms with Crippen LogP contribution in [0.1, 0.15) is 15.9 Å². The molecule has 0 spiro atoms. The van der Waals surface area contributed by atoms with E-state index in [9.17, 15) is 4.79 Å². The number of aromatic carboxylic acids is 1. The molecule has 2 rings (SSSR count). The van der Waals surface area contributed by atoms with E-state index in [2.05, 4.69) is 14.7 Å². The van der Waals surface area contributed by atoms with Gasteiger partial charge in [0.05, 0.1) is 5.56 Å². The fourth-order valence-corrected chi connectivity index (χ4v) is 1.62. The zero-order valence-corrected chi connectivity index (χ0v) is 9.07. The zero-order chi connectivity index (χ0) is 11.4. The number of benzene rings is 1. The SMILES string of the molecule is O=C(O)c1ccc(CNc2ncns2)cc1. The first-order valence-corrected chi connectivity index (χ1v) is 5.36. The average molecular weight is 235 g/mol. The molecule has 0 aliphatic carbocycles. The standard InChI is InChI=1S/C10H9N3O2S/c14-9(15)8-3-1-7(2-4-8)5-11-10-12-6-13-16-10/h1-4,6H,5H2,(H,14,15)(H,11,12,13). The molecule has 0 fully saturated rings. The van der Waals surface area contributed by atoms with Gasteiger partial charge >= 0.3 is 5.97 Å². The number of carboxylic acid groups (broad SMARTS) is 1. The van der Waals surface area contributed by atoms with Gasteiger partial charge in [0, 0.05) is 18.1 Å². The van der Waals surface area contributed by atoms with Crippen molar-refractivity contribution in [2.75, 3.05) is 5.32 Å². The molecule has 0 aliphatic heterocycles. The molecule has 0 radical (unpaired) electrons. The summed E-state index contributed by atoms with van der Waals surface area (Å²) in [5.41, 5.74) is 1.29. The number of aromatic nitrogens is 2. The van der Waals surface area contributed by atoms with Crippen molar-refractivity contribution in [2.24, 2.45) is 0 Å². The predicted octanol–water partition coefficient (Wildman–Crippen LogP) is 1.85. The number of nitrogens with zero attached hydrogens (tertiary/aromatic N) is 2. The first kappa shape index (κ1) is 10.6. The van der Waals surface area contributed by atoms with E-state index >= 15 is 0 Å². The quantitative estimate of drug-likeness (QED) is 0.845. The number of carboxylic acids is 1. The minimum atomic E-state index is -0.913. The van der Waals surface area contributed by atoms with E-state index in [0.717, 1.165) is 10.7 Å². The molecular formula is C10H9N3O2S. The molecule has 0 saturated carbocycles. The molecule has 16 heavy (non-hydrogen) atoms. The smallest absolute Gasteiger partial charge is 0.335 e. The Bertz CT molecular complexity index is 467. The number of nitrogens with one attached hydrogen (secondary N) is 1. The summed E-state index contributed by atoms with van der Waals surface area (Å²) in [5, 5.41) is 12.6. The molecule has 2 aromatic rings. The van der Waals surface area contributed by atoms with Gasteiger partial charge in [-0.2, -0.15) is 4.37 Å². The Hall–Kier alpha value is -1.95. The normalized spacial score (nSPS) is 10.0. The Labute approximate surface area is 95.9 Å². The summed E-state index contributed by atoms with van der Waals surface area (Å²) < 4.78 is 3.86. The van der Waals surface area contributed by atoms with E-state index < -0.39 is 5.97 Å². The van der Waals surface area contributed by atoms with E-state index in [0.29, 0.717) is 12.1 Å². The van der Waals surface area contributed by atoms with Crippen molar-refractivity contribution in [3.8, 4) is 0 Å². The van der Waals surface area contributed by atoms with Crippen LogP contribution < -0.4 is 5.32 Å². The van der Waals surface area contributed by atoms with Crippen LogP contribution in [0.15, 0.2) is 30.6 Å². The highest BCUT2D eigenvalue weighted by Crippen LogP contribution is 2.10. The van der Waals surface area contributed by atoms with Gasteiger partial charge in [0.15, 0.2) is 0 Å². The fourth-order valence-electron chi connectivity index (χ4n) is 1.19. The molecule has 1 aromatic carbocycles. The van der Waals surface area contributed by atoms with E-state index in [1.54, 1.807) is 24.3 Å². The second-order valence-corrected chi connectivity index (χ2v) is 3.88. The fraction of sp³-hybridized carbons (Fsp3) is 0.100. The molecule has 5 nitrogen and oxygen atoms in total. The molecule has 0 amide bonds. The van der Waals surface area contributed by atoms with Crippen molar-refractivity contribution in [2.45, 2.75) is 6.54 Å². The number of anilines is 1. The van der Waals surface area contributed by atoms with Gasteiger partial charge in [0.25, 0.3) is 0 Å². The molecular weight excluding hydrogens is 226 g/mol.